The zero-order valence-corrected chi connectivity index (χ0v) is 19.8. The minimum absolute atomic E-state index is 0.0746. The van der Waals surface area contributed by atoms with Crippen LogP contribution in [0.4, 0.5) is 11.4 Å². The molecule has 0 saturated carbocycles. The number of nitrogens with one attached hydrogen (secondary N) is 1. The number of hydrogen-bond donors (Lipinski definition) is 2. The molecule has 2 aliphatic rings. The van der Waals surface area contributed by atoms with Gasteiger partial charge in [0.25, 0.3) is 10.0 Å². The molecule has 7 heteroatoms. The predicted octanol–water partition coefficient (Wildman–Crippen LogP) is 5.81. The fourth-order valence-corrected chi connectivity index (χ4v) is 6.36. The summed E-state index contributed by atoms with van der Waals surface area (Å²) in [6.45, 7) is 0. The number of hydrogen-bond acceptors (Lipinski definition) is 4. The number of phenolic OH excluding ortho intramolecular Hbond substituents is 1. The first-order valence-corrected chi connectivity index (χ1v) is 12.7. The lowest BCUT2D eigenvalue weighted by Gasteiger charge is -2.38. The second kappa shape index (κ2) is 7.98. The molecule has 0 radical (unpaired) electrons. The Morgan fingerprint density at radius 2 is 1.81 bits per heavy atom. The van der Waals surface area contributed by atoms with Crippen molar-refractivity contribution in [2.24, 2.45) is 5.92 Å². The van der Waals surface area contributed by atoms with Gasteiger partial charge >= 0.3 is 0 Å². The molecule has 3 unspecified atom stereocenters. The monoisotopic (exact) mass is 510 g/mol. The number of allylic oxidation sites excluding steroid dienone is 2. The Morgan fingerprint density at radius 1 is 1.03 bits per heavy atom. The number of aromatic hydroxyl groups is 1. The van der Waals surface area contributed by atoms with Crippen molar-refractivity contribution in [1.29, 1.82) is 0 Å². The molecule has 0 bridgehead atoms. The second-order valence-corrected chi connectivity index (χ2v) is 11.1. The molecular formula is C25H23BrN2O3S. The number of rotatable bonds is 4. The zero-order chi connectivity index (χ0) is 22.5. The van der Waals surface area contributed by atoms with E-state index in [2.05, 4.69) is 33.4 Å². The third-order valence-electron chi connectivity index (χ3n) is 6.44. The van der Waals surface area contributed by atoms with E-state index in [0.29, 0.717) is 5.69 Å². The summed E-state index contributed by atoms with van der Waals surface area (Å²) in [5.74, 6) is 0.516. The van der Waals surface area contributed by atoms with Crippen LogP contribution in [0.5, 0.6) is 5.75 Å². The Hall–Kier alpha value is -2.77. The molecule has 3 aromatic carbocycles. The van der Waals surface area contributed by atoms with Gasteiger partial charge in [0.05, 0.1) is 16.6 Å². The number of fused-ring (bicyclic) bond motifs is 3. The van der Waals surface area contributed by atoms with E-state index in [0.717, 1.165) is 27.7 Å². The highest BCUT2D eigenvalue weighted by atomic mass is 79.9. The molecule has 0 fully saturated rings. The number of halogens is 1. The maximum Gasteiger partial charge on any atom is 0.264 e. The van der Waals surface area contributed by atoms with Crippen molar-refractivity contribution in [2.45, 2.75) is 23.3 Å². The number of sulfonamides is 1. The summed E-state index contributed by atoms with van der Waals surface area (Å²) >= 11 is 3.51. The molecule has 5 rings (SSSR count). The van der Waals surface area contributed by atoms with Gasteiger partial charge in [-0.2, -0.15) is 0 Å². The van der Waals surface area contributed by atoms with Gasteiger partial charge in [0, 0.05) is 28.7 Å². The van der Waals surface area contributed by atoms with E-state index in [1.54, 1.807) is 37.4 Å². The molecule has 0 spiro atoms. The maximum absolute atomic E-state index is 13.3. The summed E-state index contributed by atoms with van der Waals surface area (Å²) in [6.07, 6.45) is 5.16. The van der Waals surface area contributed by atoms with Crippen molar-refractivity contribution in [3.63, 3.8) is 0 Å². The third kappa shape index (κ3) is 3.49. The van der Waals surface area contributed by atoms with Crippen LogP contribution < -0.4 is 9.62 Å². The molecule has 164 valence electrons. The van der Waals surface area contributed by atoms with Crippen molar-refractivity contribution in [3.05, 3.63) is 94.5 Å². The van der Waals surface area contributed by atoms with Crippen LogP contribution in [0.3, 0.4) is 0 Å². The molecule has 0 amide bonds. The standard InChI is InChI=1S/C25H23BrN2O3S/c1-28(17-6-3-2-4-7-17)32(30,31)18-11-12-23-21(15-18)19-8-5-9-20(19)25(27-23)22-14-16(26)10-13-24(22)29/h2-8,10-15,19-20,25,27,29H,9H2,1H3. The topological polar surface area (TPSA) is 69.6 Å². The fourth-order valence-electron chi connectivity index (χ4n) is 4.75. The molecule has 1 aliphatic heterocycles. The highest BCUT2D eigenvalue weighted by Crippen LogP contribution is 2.51. The Labute approximate surface area is 196 Å². The van der Waals surface area contributed by atoms with Gasteiger partial charge in [-0.3, -0.25) is 4.31 Å². The molecule has 0 saturated heterocycles. The third-order valence-corrected chi connectivity index (χ3v) is 8.71. The van der Waals surface area contributed by atoms with Crippen LogP contribution in [-0.4, -0.2) is 20.6 Å². The Morgan fingerprint density at radius 3 is 2.59 bits per heavy atom. The van der Waals surface area contributed by atoms with Gasteiger partial charge in [-0.1, -0.05) is 46.3 Å². The van der Waals surface area contributed by atoms with Crippen molar-refractivity contribution >= 4 is 37.3 Å². The number of benzene rings is 3. The predicted molar refractivity (Wildman–Crippen MR) is 131 cm³/mol. The highest BCUT2D eigenvalue weighted by molar-refractivity contribution is 9.10. The number of phenols is 1. The van der Waals surface area contributed by atoms with Gasteiger partial charge in [0.15, 0.2) is 0 Å². The number of para-hydroxylation sites is 1. The van der Waals surface area contributed by atoms with Gasteiger partial charge in [-0.05, 0) is 66.4 Å². The van der Waals surface area contributed by atoms with E-state index < -0.39 is 10.0 Å². The summed E-state index contributed by atoms with van der Waals surface area (Å²) in [4.78, 5) is 0.271. The van der Waals surface area contributed by atoms with Crippen molar-refractivity contribution in [3.8, 4) is 5.75 Å². The van der Waals surface area contributed by atoms with Crippen molar-refractivity contribution in [1.82, 2.24) is 0 Å². The van der Waals surface area contributed by atoms with Crippen LogP contribution in [-0.2, 0) is 10.0 Å². The molecule has 1 aliphatic carbocycles. The highest BCUT2D eigenvalue weighted by Gasteiger charge is 2.39. The molecule has 3 atom stereocenters. The molecule has 1 heterocycles. The fraction of sp³-hybridized carbons (Fsp3) is 0.200. The molecule has 32 heavy (non-hydrogen) atoms. The first-order chi connectivity index (χ1) is 15.4. The summed E-state index contributed by atoms with van der Waals surface area (Å²) in [6, 6.07) is 19.7. The van der Waals surface area contributed by atoms with Gasteiger partial charge in [0.2, 0.25) is 0 Å². The Kier molecular flexibility index (Phi) is 5.26. The Balaban J connectivity index is 1.54. The van der Waals surface area contributed by atoms with E-state index in [1.165, 1.54) is 4.31 Å². The average molecular weight is 511 g/mol. The van der Waals surface area contributed by atoms with Crippen molar-refractivity contribution in [2.75, 3.05) is 16.7 Å². The van der Waals surface area contributed by atoms with E-state index in [-0.39, 0.29) is 28.5 Å². The average Bonchev–Trinajstić information content (AvgIpc) is 3.30. The lowest BCUT2D eigenvalue weighted by atomic mass is 9.77. The zero-order valence-electron chi connectivity index (χ0n) is 17.4. The lowest BCUT2D eigenvalue weighted by Crippen LogP contribution is -2.30. The molecule has 2 N–H and O–H groups in total. The minimum Gasteiger partial charge on any atom is -0.508 e. The van der Waals surface area contributed by atoms with Crippen molar-refractivity contribution < 1.29 is 13.5 Å². The minimum atomic E-state index is -3.70. The van der Waals surface area contributed by atoms with Crippen LogP contribution in [0.2, 0.25) is 0 Å². The van der Waals surface area contributed by atoms with Crippen LogP contribution in [0.15, 0.2) is 88.3 Å². The molecule has 5 nitrogen and oxygen atoms in total. The van der Waals surface area contributed by atoms with Gasteiger partial charge in [0.1, 0.15) is 5.75 Å². The van der Waals surface area contributed by atoms with Crippen LogP contribution in [0.1, 0.15) is 29.5 Å². The first-order valence-electron chi connectivity index (χ1n) is 10.5. The molecular weight excluding hydrogens is 488 g/mol. The van der Waals surface area contributed by atoms with Crippen LogP contribution in [0, 0.1) is 5.92 Å². The van der Waals surface area contributed by atoms with E-state index in [4.69, 9.17) is 0 Å². The van der Waals surface area contributed by atoms with Crippen LogP contribution in [0.25, 0.3) is 0 Å². The normalized spacial score (nSPS) is 21.5. The van der Waals surface area contributed by atoms with Crippen LogP contribution >= 0.6 is 15.9 Å². The maximum atomic E-state index is 13.3. The first kappa shape index (κ1) is 21.1. The smallest absolute Gasteiger partial charge is 0.264 e. The Bertz CT molecular complexity index is 1310. The summed E-state index contributed by atoms with van der Waals surface area (Å²) in [5.41, 5.74) is 3.32. The van der Waals surface area contributed by atoms with E-state index in [9.17, 15) is 13.5 Å². The SMILES string of the molecule is CN(c1ccccc1)S(=O)(=O)c1ccc2c(c1)C1C=CCC1C(c1cc(Br)ccc1O)N2. The number of anilines is 2. The lowest BCUT2D eigenvalue weighted by molar-refractivity contribution is 0.402. The number of nitrogens with zero attached hydrogens (tertiary/aromatic N) is 1. The quantitative estimate of drug-likeness (QED) is 0.434. The van der Waals surface area contributed by atoms with Gasteiger partial charge < -0.3 is 10.4 Å². The largest absolute Gasteiger partial charge is 0.508 e. The van der Waals surface area contributed by atoms with E-state index in [1.807, 2.05) is 36.4 Å². The second-order valence-electron chi connectivity index (χ2n) is 8.24. The summed E-state index contributed by atoms with van der Waals surface area (Å²) in [7, 11) is -2.12. The van der Waals surface area contributed by atoms with Gasteiger partial charge in [-0.15, -0.1) is 0 Å². The van der Waals surface area contributed by atoms with E-state index >= 15 is 0 Å². The van der Waals surface area contributed by atoms with Gasteiger partial charge in [-0.25, -0.2) is 8.42 Å². The molecule has 0 aromatic heterocycles. The summed E-state index contributed by atoms with van der Waals surface area (Å²) < 4.78 is 28.9. The molecule has 3 aromatic rings. The summed E-state index contributed by atoms with van der Waals surface area (Å²) in [5, 5.41) is 14.1.